The van der Waals surface area contributed by atoms with Crippen LogP contribution in [0.3, 0.4) is 0 Å². The highest BCUT2D eigenvalue weighted by molar-refractivity contribution is 5.93. The lowest BCUT2D eigenvalue weighted by atomic mass is 10.1. The van der Waals surface area contributed by atoms with E-state index in [1.807, 2.05) is 12.1 Å². The number of esters is 1. The molecular formula is C21H25NO4. The topological polar surface area (TPSA) is 64.6 Å². The highest BCUT2D eigenvalue weighted by Gasteiger charge is 2.06. The fraction of sp³-hybridized carbons (Fsp3) is 0.333. The molecule has 0 saturated carbocycles. The maximum Gasteiger partial charge on any atom is 0.337 e. The lowest BCUT2D eigenvalue weighted by molar-refractivity contribution is -0.116. The number of hydrogen-bond acceptors (Lipinski definition) is 4. The zero-order valence-corrected chi connectivity index (χ0v) is 15.3. The third-order valence-corrected chi connectivity index (χ3v) is 3.87. The molecule has 0 aliphatic carbocycles. The van der Waals surface area contributed by atoms with Crippen molar-refractivity contribution in [1.29, 1.82) is 0 Å². The summed E-state index contributed by atoms with van der Waals surface area (Å²) >= 11 is 0. The summed E-state index contributed by atoms with van der Waals surface area (Å²) in [6, 6.07) is 14.7. The number of anilines is 1. The van der Waals surface area contributed by atoms with Crippen molar-refractivity contribution in [3.8, 4) is 5.75 Å². The normalized spacial score (nSPS) is 10.2. The highest BCUT2D eigenvalue weighted by atomic mass is 16.5. The summed E-state index contributed by atoms with van der Waals surface area (Å²) in [5.41, 5.74) is 2.40. The number of aryl methyl sites for hydroxylation is 1. The zero-order chi connectivity index (χ0) is 18.8. The van der Waals surface area contributed by atoms with Crippen LogP contribution >= 0.6 is 0 Å². The number of ether oxygens (including phenoxy) is 2. The Morgan fingerprint density at radius 1 is 1.00 bits per heavy atom. The van der Waals surface area contributed by atoms with Crippen molar-refractivity contribution in [3.05, 3.63) is 59.7 Å². The summed E-state index contributed by atoms with van der Waals surface area (Å²) in [7, 11) is 1.33. The third-order valence-electron chi connectivity index (χ3n) is 3.87. The Morgan fingerprint density at radius 2 is 1.69 bits per heavy atom. The van der Waals surface area contributed by atoms with Crippen molar-refractivity contribution in [3.63, 3.8) is 0 Å². The largest absolute Gasteiger partial charge is 0.494 e. The molecule has 2 rings (SSSR count). The number of rotatable bonds is 9. The van der Waals surface area contributed by atoms with Gasteiger partial charge in [-0.05, 0) is 54.8 Å². The average Bonchev–Trinajstić information content (AvgIpc) is 2.67. The molecule has 0 saturated heterocycles. The van der Waals surface area contributed by atoms with E-state index in [0.29, 0.717) is 30.7 Å². The zero-order valence-electron chi connectivity index (χ0n) is 15.3. The van der Waals surface area contributed by atoms with Gasteiger partial charge in [0.25, 0.3) is 0 Å². The molecule has 2 aromatic rings. The molecule has 5 nitrogen and oxygen atoms in total. The molecule has 0 fully saturated rings. The Kier molecular flexibility index (Phi) is 7.68. The molecule has 26 heavy (non-hydrogen) atoms. The van der Waals surface area contributed by atoms with Crippen LogP contribution in [0.2, 0.25) is 0 Å². The highest BCUT2D eigenvalue weighted by Crippen LogP contribution is 2.14. The summed E-state index contributed by atoms with van der Waals surface area (Å²) in [6.45, 7) is 2.64. The Balaban J connectivity index is 1.69. The van der Waals surface area contributed by atoms with Crippen LogP contribution < -0.4 is 10.1 Å². The number of carbonyl (C=O) groups excluding carboxylic acids is 2. The van der Waals surface area contributed by atoms with Gasteiger partial charge in [0.05, 0.1) is 19.3 Å². The predicted molar refractivity (Wildman–Crippen MR) is 102 cm³/mol. The number of carbonyl (C=O) groups is 2. The van der Waals surface area contributed by atoms with E-state index in [1.165, 1.54) is 12.7 Å². The van der Waals surface area contributed by atoms with Gasteiger partial charge in [-0.3, -0.25) is 4.79 Å². The van der Waals surface area contributed by atoms with E-state index in [-0.39, 0.29) is 5.91 Å². The third kappa shape index (κ3) is 6.24. The average molecular weight is 355 g/mol. The van der Waals surface area contributed by atoms with Crippen LogP contribution in [0.1, 0.15) is 42.1 Å². The number of nitrogens with one attached hydrogen (secondary N) is 1. The van der Waals surface area contributed by atoms with E-state index in [9.17, 15) is 9.59 Å². The first kappa shape index (κ1) is 19.5. The van der Waals surface area contributed by atoms with Crippen molar-refractivity contribution in [2.75, 3.05) is 19.0 Å². The molecule has 0 aliphatic rings. The van der Waals surface area contributed by atoms with Gasteiger partial charge in [0.2, 0.25) is 5.91 Å². The molecule has 138 valence electrons. The van der Waals surface area contributed by atoms with Crippen LogP contribution in [0.15, 0.2) is 48.5 Å². The molecule has 0 atom stereocenters. The minimum absolute atomic E-state index is 0.0855. The Labute approximate surface area is 154 Å². The second-order valence-electron chi connectivity index (χ2n) is 5.96. The SMILES string of the molecule is CCCc1ccc(OCCCC(=O)Nc2ccc(C(=O)OC)cc2)cc1. The molecule has 0 spiro atoms. The van der Waals surface area contributed by atoms with Crippen LogP contribution in [0.5, 0.6) is 5.75 Å². The van der Waals surface area contributed by atoms with Crippen LogP contribution in [-0.4, -0.2) is 25.6 Å². The molecule has 0 aliphatic heterocycles. The summed E-state index contributed by atoms with van der Waals surface area (Å²) in [4.78, 5) is 23.3. The van der Waals surface area contributed by atoms with Gasteiger partial charge >= 0.3 is 5.97 Å². The number of benzene rings is 2. The van der Waals surface area contributed by atoms with Crippen LogP contribution in [0.25, 0.3) is 0 Å². The van der Waals surface area contributed by atoms with Crippen LogP contribution in [-0.2, 0) is 16.0 Å². The van der Waals surface area contributed by atoms with Gasteiger partial charge in [-0.15, -0.1) is 0 Å². The van der Waals surface area contributed by atoms with E-state index in [2.05, 4.69) is 29.1 Å². The molecular weight excluding hydrogens is 330 g/mol. The standard InChI is InChI=1S/C21H25NO4/c1-3-5-16-7-13-19(14-8-16)26-15-4-6-20(23)22-18-11-9-17(10-12-18)21(24)25-2/h7-14H,3-6,15H2,1-2H3,(H,22,23). The van der Waals surface area contributed by atoms with Crippen molar-refractivity contribution in [2.24, 2.45) is 0 Å². The molecule has 5 heteroatoms. The fourth-order valence-electron chi connectivity index (χ4n) is 2.49. The molecule has 2 aromatic carbocycles. The van der Waals surface area contributed by atoms with Gasteiger partial charge in [-0.25, -0.2) is 4.79 Å². The molecule has 0 radical (unpaired) electrons. The van der Waals surface area contributed by atoms with E-state index >= 15 is 0 Å². The lowest BCUT2D eigenvalue weighted by Crippen LogP contribution is -2.13. The number of amides is 1. The first-order valence-electron chi connectivity index (χ1n) is 8.82. The van der Waals surface area contributed by atoms with Crippen molar-refractivity contribution in [2.45, 2.75) is 32.6 Å². The van der Waals surface area contributed by atoms with Crippen molar-refractivity contribution < 1.29 is 19.1 Å². The van der Waals surface area contributed by atoms with Crippen molar-refractivity contribution >= 4 is 17.6 Å². The summed E-state index contributed by atoms with van der Waals surface area (Å²) < 4.78 is 10.3. The second-order valence-corrected chi connectivity index (χ2v) is 5.96. The first-order valence-corrected chi connectivity index (χ1v) is 8.82. The van der Waals surface area contributed by atoms with E-state index in [4.69, 9.17) is 4.74 Å². The molecule has 0 aromatic heterocycles. The van der Waals surface area contributed by atoms with Gasteiger partial charge in [-0.1, -0.05) is 25.5 Å². The van der Waals surface area contributed by atoms with Crippen molar-refractivity contribution in [1.82, 2.24) is 0 Å². The van der Waals surface area contributed by atoms with E-state index in [0.717, 1.165) is 18.6 Å². The lowest BCUT2D eigenvalue weighted by Gasteiger charge is -2.08. The molecule has 0 bridgehead atoms. The molecule has 0 unspecified atom stereocenters. The maximum atomic E-state index is 12.0. The van der Waals surface area contributed by atoms with Gasteiger partial charge < -0.3 is 14.8 Å². The Morgan fingerprint density at radius 3 is 2.31 bits per heavy atom. The summed E-state index contributed by atoms with van der Waals surface area (Å²) in [5.74, 6) is 0.337. The number of methoxy groups -OCH3 is 1. The molecule has 1 N–H and O–H groups in total. The smallest absolute Gasteiger partial charge is 0.337 e. The van der Waals surface area contributed by atoms with Crippen LogP contribution in [0.4, 0.5) is 5.69 Å². The second kappa shape index (κ2) is 10.2. The van der Waals surface area contributed by atoms with E-state index in [1.54, 1.807) is 24.3 Å². The van der Waals surface area contributed by atoms with Gasteiger partial charge in [-0.2, -0.15) is 0 Å². The maximum absolute atomic E-state index is 12.0. The van der Waals surface area contributed by atoms with Gasteiger partial charge in [0, 0.05) is 12.1 Å². The predicted octanol–water partition coefficient (Wildman–Crippen LogP) is 4.22. The number of hydrogen-bond donors (Lipinski definition) is 1. The first-order chi connectivity index (χ1) is 12.6. The van der Waals surface area contributed by atoms with E-state index < -0.39 is 5.97 Å². The minimum Gasteiger partial charge on any atom is -0.494 e. The summed E-state index contributed by atoms with van der Waals surface area (Å²) in [6.07, 6.45) is 3.19. The van der Waals surface area contributed by atoms with Crippen LogP contribution in [0, 0.1) is 0 Å². The minimum atomic E-state index is -0.400. The van der Waals surface area contributed by atoms with Gasteiger partial charge in [0.1, 0.15) is 5.75 Å². The quantitative estimate of drug-likeness (QED) is 0.540. The fourth-order valence-corrected chi connectivity index (χ4v) is 2.49. The Bertz CT molecular complexity index is 708. The molecule has 1 amide bonds. The monoisotopic (exact) mass is 355 g/mol. The summed E-state index contributed by atoms with van der Waals surface area (Å²) in [5, 5.41) is 2.80. The molecule has 0 heterocycles. The van der Waals surface area contributed by atoms with Gasteiger partial charge in [0.15, 0.2) is 0 Å². The Hall–Kier alpha value is -2.82.